The number of para-hydroxylation sites is 1. The van der Waals surface area contributed by atoms with Crippen LogP contribution < -0.4 is 29.6 Å². The van der Waals surface area contributed by atoms with Crippen molar-refractivity contribution in [1.29, 1.82) is 0 Å². The van der Waals surface area contributed by atoms with Crippen LogP contribution in [0.2, 0.25) is 0 Å². The fourth-order valence-corrected chi connectivity index (χ4v) is 1.97. The van der Waals surface area contributed by atoms with Gasteiger partial charge < -0.3 is 14.6 Å². The molecule has 0 aliphatic rings. The Hall–Kier alpha value is -0.370. The third-order valence-corrected chi connectivity index (χ3v) is 3.24. The number of fused-ring (bicyclic) bond motifs is 1. The second kappa shape index (κ2) is 5.51. The Balaban J connectivity index is 0.00000144. The Labute approximate surface area is 121 Å². The molecule has 5 nitrogen and oxygen atoms in total. The van der Waals surface area contributed by atoms with Crippen LogP contribution in [0.3, 0.4) is 0 Å². The molecule has 0 spiro atoms. The van der Waals surface area contributed by atoms with Gasteiger partial charge in [0.2, 0.25) is 0 Å². The van der Waals surface area contributed by atoms with Gasteiger partial charge in [0.15, 0.2) is 0 Å². The van der Waals surface area contributed by atoms with Gasteiger partial charge >= 0.3 is 29.6 Å². The quantitative estimate of drug-likeness (QED) is 0.476. The number of aromatic amines is 1. The van der Waals surface area contributed by atoms with E-state index in [1.165, 1.54) is 0 Å². The summed E-state index contributed by atoms with van der Waals surface area (Å²) in [5.74, 6) is 0. The van der Waals surface area contributed by atoms with Crippen LogP contribution in [0.1, 0.15) is 5.56 Å². The second-order valence-electron chi connectivity index (χ2n) is 3.51. The van der Waals surface area contributed by atoms with Crippen molar-refractivity contribution < 1.29 is 47.6 Å². The molecule has 0 saturated carbocycles. The first kappa shape index (κ1) is 14.7. The van der Waals surface area contributed by atoms with Gasteiger partial charge in [0.05, 0.1) is 0 Å². The number of nitrogens with one attached hydrogen (secondary N) is 1. The van der Waals surface area contributed by atoms with E-state index in [4.69, 9.17) is 0 Å². The van der Waals surface area contributed by atoms with Gasteiger partial charge in [-0.15, -0.1) is 0 Å². The zero-order chi connectivity index (χ0) is 11.8. The average Bonchev–Trinajstić information content (AvgIpc) is 2.61. The first-order valence-corrected chi connectivity index (χ1v) is 6.13. The molecule has 1 heterocycles. The first-order chi connectivity index (χ1) is 7.48. The molecule has 1 aromatic carbocycles. The van der Waals surface area contributed by atoms with E-state index >= 15 is 0 Å². The Kier molecular flexibility index (Phi) is 4.77. The van der Waals surface area contributed by atoms with E-state index in [1.54, 1.807) is 18.3 Å². The molecule has 7 heteroatoms. The minimum Gasteiger partial charge on any atom is -0.746 e. The van der Waals surface area contributed by atoms with E-state index in [9.17, 15) is 18.1 Å². The normalized spacial score (nSPS) is 13.3. The fourth-order valence-electron chi connectivity index (χ4n) is 1.59. The number of rotatable bonds is 3. The molecule has 1 atom stereocenters. The van der Waals surface area contributed by atoms with E-state index in [1.807, 2.05) is 12.1 Å². The summed E-state index contributed by atoms with van der Waals surface area (Å²) in [5.41, 5.74) is -0.442. The molecule has 1 unspecified atom stereocenters. The topological polar surface area (TPSA) is 93.2 Å². The zero-order valence-electron chi connectivity index (χ0n) is 9.25. The summed E-state index contributed by atoms with van der Waals surface area (Å²) in [6.45, 7) is 0. The first-order valence-electron chi connectivity index (χ1n) is 4.66. The van der Waals surface area contributed by atoms with Gasteiger partial charge in [-0.25, -0.2) is 8.42 Å². The van der Waals surface area contributed by atoms with Gasteiger partial charge in [0.1, 0.15) is 15.6 Å². The molecule has 0 fully saturated rings. The van der Waals surface area contributed by atoms with Crippen LogP contribution in [0, 0.1) is 0 Å². The van der Waals surface area contributed by atoms with Gasteiger partial charge in [-0.3, -0.25) is 0 Å². The molecule has 17 heavy (non-hydrogen) atoms. The number of aliphatic hydroxyl groups excluding tert-OH is 1. The van der Waals surface area contributed by atoms with E-state index in [-0.39, 0.29) is 36.0 Å². The summed E-state index contributed by atoms with van der Waals surface area (Å²) in [6, 6.07) is 7.27. The van der Waals surface area contributed by atoms with Crippen molar-refractivity contribution in [2.45, 2.75) is 11.9 Å². The molecule has 86 valence electrons. The molecule has 0 bridgehead atoms. The molecule has 2 N–H and O–H groups in total. The fraction of sp³-hybridized carbons (Fsp3) is 0.200. The molecule has 2 aromatic rings. The maximum Gasteiger partial charge on any atom is 1.00 e. The molecule has 0 aliphatic heterocycles. The molecular formula is C10H10NNaO4S. The number of hydrogen-bond donors (Lipinski definition) is 2. The van der Waals surface area contributed by atoms with Crippen LogP contribution in [0.5, 0.6) is 0 Å². The van der Waals surface area contributed by atoms with Crippen molar-refractivity contribution in [3.8, 4) is 0 Å². The minimum atomic E-state index is -4.66. The molecule has 0 amide bonds. The van der Waals surface area contributed by atoms with Gasteiger partial charge in [-0.05, 0) is 11.6 Å². The molecule has 1 aromatic heterocycles. The Morgan fingerprint density at radius 2 is 2.00 bits per heavy atom. The third-order valence-electron chi connectivity index (χ3n) is 2.40. The third kappa shape index (κ3) is 3.31. The van der Waals surface area contributed by atoms with E-state index in [0.29, 0.717) is 5.56 Å². The van der Waals surface area contributed by atoms with E-state index in [0.717, 1.165) is 10.9 Å². The van der Waals surface area contributed by atoms with Crippen molar-refractivity contribution in [2.75, 3.05) is 0 Å². The minimum absolute atomic E-state index is 0. The summed E-state index contributed by atoms with van der Waals surface area (Å²) in [5, 5.41) is 10.0. The van der Waals surface area contributed by atoms with Crippen molar-refractivity contribution >= 4 is 21.0 Å². The predicted octanol–water partition coefficient (Wildman–Crippen LogP) is -2.42. The maximum atomic E-state index is 10.6. The van der Waals surface area contributed by atoms with Crippen LogP contribution >= 0.6 is 0 Å². The summed E-state index contributed by atoms with van der Waals surface area (Å²) >= 11 is 0. The van der Waals surface area contributed by atoms with Crippen molar-refractivity contribution in [3.05, 3.63) is 36.0 Å². The number of benzene rings is 1. The molecule has 0 saturated heterocycles. The Morgan fingerprint density at radius 3 is 2.65 bits per heavy atom. The van der Waals surface area contributed by atoms with Crippen LogP contribution in [-0.4, -0.2) is 28.5 Å². The predicted molar refractivity (Wildman–Crippen MR) is 57.7 cm³/mol. The SMILES string of the molecule is O=S(=O)([O-])C(O)Cc1c[nH]c2ccccc12.[Na+]. The van der Waals surface area contributed by atoms with E-state index in [2.05, 4.69) is 4.98 Å². The van der Waals surface area contributed by atoms with Crippen molar-refractivity contribution in [2.24, 2.45) is 0 Å². The monoisotopic (exact) mass is 263 g/mol. The molecule has 2 rings (SSSR count). The number of aromatic nitrogens is 1. The second-order valence-corrected chi connectivity index (χ2v) is 5.04. The van der Waals surface area contributed by atoms with Crippen LogP contribution in [-0.2, 0) is 16.5 Å². The van der Waals surface area contributed by atoms with Crippen LogP contribution in [0.25, 0.3) is 10.9 Å². The number of H-pyrrole nitrogens is 1. The molecule has 0 radical (unpaired) electrons. The summed E-state index contributed by atoms with van der Waals surface area (Å²) in [6.07, 6.45) is 1.40. The summed E-state index contributed by atoms with van der Waals surface area (Å²) in [7, 11) is -4.66. The summed E-state index contributed by atoms with van der Waals surface area (Å²) in [4.78, 5) is 2.94. The van der Waals surface area contributed by atoms with Crippen LogP contribution in [0.15, 0.2) is 30.5 Å². The van der Waals surface area contributed by atoms with Gasteiger partial charge in [-0.2, -0.15) is 0 Å². The van der Waals surface area contributed by atoms with Gasteiger partial charge in [-0.1, -0.05) is 18.2 Å². The van der Waals surface area contributed by atoms with Crippen molar-refractivity contribution in [1.82, 2.24) is 4.98 Å². The van der Waals surface area contributed by atoms with Gasteiger partial charge in [0, 0.05) is 23.5 Å². The van der Waals surface area contributed by atoms with Crippen LogP contribution in [0.4, 0.5) is 0 Å². The van der Waals surface area contributed by atoms with E-state index < -0.39 is 15.6 Å². The largest absolute Gasteiger partial charge is 1.00 e. The Bertz CT molecular complexity index is 608. The average molecular weight is 263 g/mol. The standard InChI is InChI=1S/C10H11NO4S.Na/c12-10(16(13,14)15)5-7-6-11-9-4-2-1-3-8(7)9;/h1-4,6,10-12H,5H2,(H,13,14,15);/q;+1/p-1. The number of aliphatic hydroxyl groups is 1. The molecular weight excluding hydrogens is 253 g/mol. The number of hydrogen-bond acceptors (Lipinski definition) is 4. The smallest absolute Gasteiger partial charge is 0.746 e. The zero-order valence-corrected chi connectivity index (χ0v) is 12.1. The Morgan fingerprint density at radius 1 is 1.35 bits per heavy atom. The maximum absolute atomic E-state index is 10.6. The van der Waals surface area contributed by atoms with Gasteiger partial charge in [0.25, 0.3) is 0 Å². The summed E-state index contributed by atoms with van der Waals surface area (Å²) < 4.78 is 31.7. The molecule has 0 aliphatic carbocycles. The van der Waals surface area contributed by atoms with Crippen molar-refractivity contribution in [3.63, 3.8) is 0 Å².